The van der Waals surface area contributed by atoms with Crippen LogP contribution in [0.5, 0.6) is 0 Å². The van der Waals surface area contributed by atoms with Crippen molar-refractivity contribution < 1.29 is 0 Å². The molecular weight excluding hydrogens is 500 g/mol. The summed E-state index contributed by atoms with van der Waals surface area (Å²) in [5.41, 5.74) is 10.5. The van der Waals surface area contributed by atoms with Gasteiger partial charge in [-0.2, -0.15) is 0 Å². The van der Waals surface area contributed by atoms with E-state index in [0.717, 1.165) is 56.1 Å². The predicted molar refractivity (Wildman–Crippen MR) is 167 cm³/mol. The Morgan fingerprint density at radius 2 is 1.07 bits per heavy atom. The van der Waals surface area contributed by atoms with Crippen LogP contribution in [0.25, 0.3) is 55.8 Å². The van der Waals surface area contributed by atoms with Gasteiger partial charge in [0.2, 0.25) is 0 Å². The number of nitrogens with zero attached hydrogens (tertiary/aromatic N) is 4. The normalized spacial score (nSPS) is 11.9. The highest BCUT2D eigenvalue weighted by atomic mass is 15.2. The van der Waals surface area contributed by atoms with Crippen LogP contribution < -0.4 is 4.90 Å². The van der Waals surface area contributed by atoms with Gasteiger partial charge in [-0.3, -0.25) is 4.98 Å². The van der Waals surface area contributed by atoms with E-state index >= 15 is 0 Å². The summed E-state index contributed by atoms with van der Waals surface area (Å²) in [5, 5.41) is 2.23. The molecule has 0 spiro atoms. The number of hydrogen-bond donors (Lipinski definition) is 0. The van der Waals surface area contributed by atoms with Gasteiger partial charge in [-0.1, -0.05) is 97.1 Å². The van der Waals surface area contributed by atoms with Crippen LogP contribution in [0.4, 0.5) is 17.1 Å². The van der Waals surface area contributed by atoms with Gasteiger partial charge in [0, 0.05) is 44.9 Å². The van der Waals surface area contributed by atoms with Crippen molar-refractivity contribution in [3.8, 4) is 45.0 Å². The molecule has 0 saturated carbocycles. The monoisotopic (exact) mass is 524 g/mol. The van der Waals surface area contributed by atoms with Crippen LogP contribution in [0.3, 0.4) is 0 Å². The van der Waals surface area contributed by atoms with E-state index in [0.29, 0.717) is 5.82 Å². The number of fused-ring (bicyclic) bond motifs is 2. The van der Waals surface area contributed by atoms with E-state index in [9.17, 15) is 0 Å². The molecule has 0 unspecified atom stereocenters. The zero-order valence-electron chi connectivity index (χ0n) is 22.1. The third-order valence-electron chi connectivity index (χ3n) is 7.65. The van der Waals surface area contributed by atoms with Crippen molar-refractivity contribution >= 4 is 27.8 Å². The van der Waals surface area contributed by atoms with Crippen molar-refractivity contribution in [2.75, 3.05) is 4.90 Å². The highest BCUT2D eigenvalue weighted by Gasteiger charge is 2.27. The Labute approximate surface area is 238 Å². The second-order valence-corrected chi connectivity index (χ2v) is 10.2. The Morgan fingerprint density at radius 3 is 1.76 bits per heavy atom. The maximum absolute atomic E-state index is 5.10. The zero-order chi connectivity index (χ0) is 27.2. The molecule has 2 aromatic heterocycles. The maximum Gasteiger partial charge on any atom is 0.160 e. The van der Waals surface area contributed by atoms with Crippen LogP contribution in [-0.2, 0) is 0 Å². The minimum Gasteiger partial charge on any atom is -0.308 e. The zero-order valence-corrected chi connectivity index (χ0v) is 22.1. The Balaban J connectivity index is 1.38. The van der Waals surface area contributed by atoms with Gasteiger partial charge in [0.25, 0.3) is 0 Å². The SMILES string of the molecule is c1ccc(-c2cc(-c3ccccc3)nc(-c3cc4c5c(cncc5c3)N(c3ccccc3)c3ccccc3-4)n2)cc1. The summed E-state index contributed by atoms with van der Waals surface area (Å²) in [7, 11) is 0. The lowest BCUT2D eigenvalue weighted by Gasteiger charge is -2.33. The molecule has 8 rings (SSSR count). The topological polar surface area (TPSA) is 41.9 Å². The Morgan fingerprint density at radius 1 is 0.463 bits per heavy atom. The van der Waals surface area contributed by atoms with E-state index < -0.39 is 0 Å². The fraction of sp³-hybridized carbons (Fsp3) is 0. The summed E-state index contributed by atoms with van der Waals surface area (Å²) in [5.74, 6) is 0.691. The average molecular weight is 525 g/mol. The Hall–Kier alpha value is -5.61. The van der Waals surface area contributed by atoms with E-state index in [4.69, 9.17) is 9.97 Å². The van der Waals surface area contributed by atoms with Crippen molar-refractivity contribution in [1.29, 1.82) is 0 Å². The maximum atomic E-state index is 5.10. The molecule has 0 radical (unpaired) electrons. The highest BCUT2D eigenvalue weighted by Crippen LogP contribution is 2.51. The molecule has 0 N–H and O–H groups in total. The molecule has 0 amide bonds. The van der Waals surface area contributed by atoms with E-state index in [1.54, 1.807) is 0 Å². The summed E-state index contributed by atoms with van der Waals surface area (Å²) in [6, 6.07) is 46.1. The quantitative estimate of drug-likeness (QED) is 0.230. The van der Waals surface area contributed by atoms with E-state index in [-0.39, 0.29) is 0 Å². The lowest BCUT2D eigenvalue weighted by Crippen LogP contribution is -2.15. The third-order valence-corrected chi connectivity index (χ3v) is 7.65. The summed E-state index contributed by atoms with van der Waals surface area (Å²) in [6.07, 6.45) is 3.91. The molecule has 0 aliphatic carbocycles. The second kappa shape index (κ2) is 9.54. The number of rotatable bonds is 4. The molecule has 0 saturated heterocycles. The van der Waals surface area contributed by atoms with E-state index in [1.807, 2.05) is 54.9 Å². The van der Waals surface area contributed by atoms with Gasteiger partial charge < -0.3 is 4.90 Å². The lowest BCUT2D eigenvalue weighted by atomic mass is 9.90. The standard InChI is InChI=1S/C37H24N4/c1-4-12-25(13-5-1)32-22-33(26-14-6-2-7-15-26)40-37(39-32)27-20-28-23-38-24-35-36(28)31(21-27)30-18-10-11-19-34(30)41(35)29-16-8-3-9-17-29/h1-24H. The molecule has 4 heteroatoms. The molecule has 0 fully saturated rings. The molecule has 3 heterocycles. The van der Waals surface area contributed by atoms with Crippen molar-refractivity contribution in [3.05, 3.63) is 146 Å². The van der Waals surface area contributed by atoms with Crippen LogP contribution in [0.2, 0.25) is 0 Å². The van der Waals surface area contributed by atoms with Gasteiger partial charge in [-0.15, -0.1) is 0 Å². The smallest absolute Gasteiger partial charge is 0.160 e. The van der Waals surface area contributed by atoms with E-state index in [1.165, 1.54) is 10.9 Å². The molecule has 7 aromatic rings. The number of benzene rings is 5. The number of aromatic nitrogens is 3. The first-order chi connectivity index (χ1) is 20.3. The van der Waals surface area contributed by atoms with E-state index in [2.05, 4.69) is 101 Å². The molecule has 1 aliphatic rings. The van der Waals surface area contributed by atoms with Gasteiger partial charge in [0.15, 0.2) is 5.82 Å². The van der Waals surface area contributed by atoms with Crippen LogP contribution in [-0.4, -0.2) is 15.0 Å². The minimum absolute atomic E-state index is 0.691. The summed E-state index contributed by atoms with van der Waals surface area (Å²) in [4.78, 5) is 17.2. The molecule has 0 bridgehead atoms. The number of hydrogen-bond acceptors (Lipinski definition) is 4. The first-order valence-corrected chi connectivity index (χ1v) is 13.7. The number of pyridine rings is 1. The van der Waals surface area contributed by atoms with Gasteiger partial charge in [0.05, 0.1) is 29.0 Å². The lowest BCUT2D eigenvalue weighted by molar-refractivity contribution is 1.18. The van der Waals surface area contributed by atoms with Crippen LogP contribution >= 0.6 is 0 Å². The van der Waals surface area contributed by atoms with Crippen molar-refractivity contribution in [3.63, 3.8) is 0 Å². The molecular formula is C37H24N4. The minimum atomic E-state index is 0.691. The highest BCUT2D eigenvalue weighted by molar-refractivity contribution is 6.14. The van der Waals surface area contributed by atoms with Crippen LogP contribution in [0.1, 0.15) is 0 Å². The fourth-order valence-electron chi connectivity index (χ4n) is 5.79. The first kappa shape index (κ1) is 23.3. The largest absolute Gasteiger partial charge is 0.308 e. The molecule has 192 valence electrons. The van der Waals surface area contributed by atoms with Gasteiger partial charge in [-0.25, -0.2) is 9.97 Å². The first-order valence-electron chi connectivity index (χ1n) is 13.7. The predicted octanol–water partition coefficient (Wildman–Crippen LogP) is 9.48. The average Bonchev–Trinajstić information content (AvgIpc) is 3.06. The molecule has 1 aliphatic heterocycles. The second-order valence-electron chi connectivity index (χ2n) is 10.2. The van der Waals surface area contributed by atoms with Crippen molar-refractivity contribution in [1.82, 2.24) is 15.0 Å². The third kappa shape index (κ3) is 3.97. The molecule has 5 aromatic carbocycles. The van der Waals surface area contributed by atoms with Crippen molar-refractivity contribution in [2.24, 2.45) is 0 Å². The number of para-hydroxylation sites is 2. The van der Waals surface area contributed by atoms with Crippen molar-refractivity contribution in [2.45, 2.75) is 0 Å². The molecule has 0 atom stereocenters. The summed E-state index contributed by atoms with van der Waals surface area (Å²) >= 11 is 0. The fourth-order valence-corrected chi connectivity index (χ4v) is 5.79. The summed E-state index contributed by atoms with van der Waals surface area (Å²) < 4.78 is 0. The van der Waals surface area contributed by atoms with Crippen LogP contribution in [0.15, 0.2) is 146 Å². The molecule has 4 nitrogen and oxygen atoms in total. The summed E-state index contributed by atoms with van der Waals surface area (Å²) in [6.45, 7) is 0. The van der Waals surface area contributed by atoms with Gasteiger partial charge in [-0.05, 0) is 42.0 Å². The number of anilines is 3. The Kier molecular flexibility index (Phi) is 5.42. The Bertz CT molecular complexity index is 1980. The van der Waals surface area contributed by atoms with Gasteiger partial charge in [0.1, 0.15) is 0 Å². The van der Waals surface area contributed by atoms with Crippen LogP contribution in [0, 0.1) is 0 Å². The van der Waals surface area contributed by atoms with Gasteiger partial charge >= 0.3 is 0 Å². The molecule has 41 heavy (non-hydrogen) atoms.